The minimum absolute atomic E-state index is 0. The van der Waals surface area contributed by atoms with E-state index >= 15 is 0 Å². The molecule has 0 saturated carbocycles. The number of halogens is 1. The third-order valence-corrected chi connectivity index (χ3v) is 3.68. The van der Waals surface area contributed by atoms with Crippen molar-refractivity contribution in [2.75, 3.05) is 13.1 Å². The largest absolute Gasteiger partial charge is 0.481 e. The van der Waals surface area contributed by atoms with Crippen LogP contribution in [0.2, 0.25) is 0 Å². The minimum atomic E-state index is -0.803. The van der Waals surface area contributed by atoms with Crippen LogP contribution in [0.4, 0.5) is 0 Å². The van der Waals surface area contributed by atoms with Gasteiger partial charge in [-0.25, -0.2) is 0 Å². The zero-order valence-electron chi connectivity index (χ0n) is 11.5. The number of likely N-dealkylation sites (tertiary alicyclic amines) is 1. The number of rotatable bonds is 4. The standard InChI is InChI=1S/C15H19NO3.ClH/c1-2-11-3-5-12(6-4-11)9-14(17)16-8-7-13(10-16)15(18)19;/h3-6,13H,2,7-10H2,1H3,(H,18,19);1H. The maximum atomic E-state index is 12.1. The number of nitrogens with zero attached hydrogens (tertiary/aromatic N) is 1. The first-order valence-corrected chi connectivity index (χ1v) is 6.68. The fourth-order valence-electron chi connectivity index (χ4n) is 2.37. The zero-order valence-corrected chi connectivity index (χ0v) is 12.4. The predicted octanol–water partition coefficient (Wildman–Crippen LogP) is 2.15. The van der Waals surface area contributed by atoms with Gasteiger partial charge >= 0.3 is 5.97 Å². The monoisotopic (exact) mass is 297 g/mol. The quantitative estimate of drug-likeness (QED) is 0.926. The van der Waals surface area contributed by atoms with Crippen LogP contribution in [0.3, 0.4) is 0 Å². The number of carboxylic acids is 1. The third kappa shape index (κ3) is 3.97. The zero-order chi connectivity index (χ0) is 13.8. The molecule has 0 aliphatic carbocycles. The molecular formula is C15H20ClNO3. The summed E-state index contributed by atoms with van der Waals surface area (Å²) in [6.45, 7) is 3.00. The van der Waals surface area contributed by atoms with Gasteiger partial charge in [-0.2, -0.15) is 0 Å². The van der Waals surface area contributed by atoms with Crippen LogP contribution in [0, 0.1) is 5.92 Å². The molecule has 1 N–H and O–H groups in total. The van der Waals surface area contributed by atoms with Crippen molar-refractivity contribution in [1.82, 2.24) is 4.90 Å². The molecule has 0 aromatic heterocycles. The maximum absolute atomic E-state index is 12.1. The highest BCUT2D eigenvalue weighted by Gasteiger charge is 2.30. The number of hydrogen-bond donors (Lipinski definition) is 1. The number of amides is 1. The smallest absolute Gasteiger partial charge is 0.308 e. The van der Waals surface area contributed by atoms with Gasteiger partial charge in [-0.3, -0.25) is 9.59 Å². The van der Waals surface area contributed by atoms with Crippen molar-refractivity contribution in [3.63, 3.8) is 0 Å². The van der Waals surface area contributed by atoms with Crippen molar-refractivity contribution in [3.05, 3.63) is 35.4 Å². The highest BCUT2D eigenvalue weighted by Crippen LogP contribution is 2.17. The SMILES string of the molecule is CCc1ccc(CC(=O)N2CCC(C(=O)O)C2)cc1.Cl. The molecule has 1 aromatic carbocycles. The third-order valence-electron chi connectivity index (χ3n) is 3.68. The van der Waals surface area contributed by atoms with Gasteiger partial charge in [-0.05, 0) is 24.0 Å². The van der Waals surface area contributed by atoms with Crippen LogP contribution < -0.4 is 0 Å². The molecule has 1 aliphatic heterocycles. The van der Waals surface area contributed by atoms with Crippen molar-refractivity contribution in [2.45, 2.75) is 26.2 Å². The van der Waals surface area contributed by atoms with E-state index < -0.39 is 11.9 Å². The van der Waals surface area contributed by atoms with Crippen LogP contribution in [0.1, 0.15) is 24.5 Å². The van der Waals surface area contributed by atoms with Crippen molar-refractivity contribution in [2.24, 2.45) is 5.92 Å². The van der Waals surface area contributed by atoms with E-state index in [0.29, 0.717) is 25.9 Å². The van der Waals surface area contributed by atoms with E-state index in [2.05, 4.69) is 6.92 Å². The fourth-order valence-corrected chi connectivity index (χ4v) is 2.37. The fraction of sp³-hybridized carbons (Fsp3) is 0.467. The second-order valence-corrected chi connectivity index (χ2v) is 5.01. The Bertz CT molecular complexity index is 473. The first-order chi connectivity index (χ1) is 9.10. The normalized spacial score (nSPS) is 17.6. The lowest BCUT2D eigenvalue weighted by Gasteiger charge is -2.15. The lowest BCUT2D eigenvalue weighted by Crippen LogP contribution is -2.31. The molecule has 20 heavy (non-hydrogen) atoms. The van der Waals surface area contributed by atoms with Crippen LogP contribution in [0.15, 0.2) is 24.3 Å². The first kappa shape index (κ1) is 16.5. The molecule has 1 saturated heterocycles. The Hall–Kier alpha value is -1.55. The molecule has 4 nitrogen and oxygen atoms in total. The minimum Gasteiger partial charge on any atom is -0.481 e. The number of carbonyl (C=O) groups excluding carboxylic acids is 1. The highest BCUT2D eigenvalue weighted by atomic mass is 35.5. The van der Waals surface area contributed by atoms with Gasteiger partial charge in [0.1, 0.15) is 0 Å². The summed E-state index contributed by atoms with van der Waals surface area (Å²) in [6.07, 6.45) is 1.91. The predicted molar refractivity (Wildman–Crippen MR) is 79.1 cm³/mol. The van der Waals surface area contributed by atoms with Gasteiger partial charge in [0.2, 0.25) is 5.91 Å². The summed E-state index contributed by atoms with van der Waals surface area (Å²) in [5, 5.41) is 8.92. The number of carboxylic acid groups (broad SMARTS) is 1. The summed E-state index contributed by atoms with van der Waals surface area (Å²) < 4.78 is 0. The van der Waals surface area contributed by atoms with E-state index in [1.54, 1.807) is 4.90 Å². The van der Waals surface area contributed by atoms with E-state index in [9.17, 15) is 9.59 Å². The summed E-state index contributed by atoms with van der Waals surface area (Å²) in [5.74, 6) is -1.18. The van der Waals surface area contributed by atoms with E-state index in [1.807, 2.05) is 24.3 Å². The van der Waals surface area contributed by atoms with Crippen molar-refractivity contribution in [1.29, 1.82) is 0 Å². The summed E-state index contributed by atoms with van der Waals surface area (Å²) in [5.41, 5.74) is 2.24. The average Bonchev–Trinajstić information content (AvgIpc) is 2.89. The van der Waals surface area contributed by atoms with Gasteiger partial charge in [0, 0.05) is 13.1 Å². The Kier molecular flexibility index (Phi) is 6.02. The lowest BCUT2D eigenvalue weighted by molar-refractivity contribution is -0.141. The molecule has 1 unspecified atom stereocenters. The van der Waals surface area contributed by atoms with Gasteiger partial charge in [0.25, 0.3) is 0 Å². The summed E-state index contributed by atoms with van der Waals surface area (Å²) in [7, 11) is 0. The van der Waals surface area contributed by atoms with E-state index in [-0.39, 0.29) is 18.3 Å². The Labute approximate surface area is 125 Å². The molecule has 0 bridgehead atoms. The Morgan fingerprint density at radius 2 is 1.85 bits per heavy atom. The number of aliphatic carboxylic acids is 1. The van der Waals surface area contributed by atoms with Crippen molar-refractivity contribution < 1.29 is 14.7 Å². The summed E-state index contributed by atoms with van der Waals surface area (Å²) >= 11 is 0. The van der Waals surface area contributed by atoms with E-state index in [4.69, 9.17) is 5.11 Å². The molecule has 1 aromatic rings. The first-order valence-electron chi connectivity index (χ1n) is 6.68. The number of aryl methyl sites for hydroxylation is 1. The molecule has 0 spiro atoms. The van der Waals surface area contributed by atoms with Crippen LogP contribution in [0.5, 0.6) is 0 Å². The molecular weight excluding hydrogens is 278 g/mol. The van der Waals surface area contributed by atoms with Gasteiger partial charge in [-0.1, -0.05) is 31.2 Å². The topological polar surface area (TPSA) is 57.6 Å². The van der Waals surface area contributed by atoms with Crippen LogP contribution >= 0.6 is 12.4 Å². The number of benzene rings is 1. The number of carbonyl (C=O) groups is 2. The molecule has 0 radical (unpaired) electrons. The molecule has 5 heteroatoms. The summed E-state index contributed by atoms with van der Waals surface area (Å²) in [4.78, 5) is 24.6. The lowest BCUT2D eigenvalue weighted by atomic mass is 10.1. The van der Waals surface area contributed by atoms with Crippen LogP contribution in [-0.2, 0) is 22.4 Å². The van der Waals surface area contributed by atoms with Crippen molar-refractivity contribution in [3.8, 4) is 0 Å². The summed E-state index contributed by atoms with van der Waals surface area (Å²) in [6, 6.07) is 8.02. The molecule has 110 valence electrons. The van der Waals surface area contributed by atoms with Crippen LogP contribution in [-0.4, -0.2) is 35.0 Å². The molecule has 1 fully saturated rings. The molecule has 1 amide bonds. The Morgan fingerprint density at radius 3 is 2.35 bits per heavy atom. The second kappa shape index (κ2) is 7.29. The average molecular weight is 298 g/mol. The Balaban J connectivity index is 0.00000200. The number of hydrogen-bond acceptors (Lipinski definition) is 2. The molecule has 1 heterocycles. The molecule has 1 atom stereocenters. The van der Waals surface area contributed by atoms with Crippen LogP contribution in [0.25, 0.3) is 0 Å². The highest BCUT2D eigenvalue weighted by molar-refractivity contribution is 5.85. The second-order valence-electron chi connectivity index (χ2n) is 5.01. The van der Waals surface area contributed by atoms with Gasteiger partial charge in [0.05, 0.1) is 12.3 Å². The van der Waals surface area contributed by atoms with E-state index in [0.717, 1.165) is 12.0 Å². The molecule has 2 rings (SSSR count). The van der Waals surface area contributed by atoms with Gasteiger partial charge in [0.15, 0.2) is 0 Å². The van der Waals surface area contributed by atoms with Gasteiger partial charge < -0.3 is 10.0 Å². The van der Waals surface area contributed by atoms with Crippen molar-refractivity contribution >= 4 is 24.3 Å². The van der Waals surface area contributed by atoms with E-state index in [1.165, 1.54) is 5.56 Å². The van der Waals surface area contributed by atoms with Gasteiger partial charge in [-0.15, -0.1) is 12.4 Å². The maximum Gasteiger partial charge on any atom is 0.308 e. The molecule has 1 aliphatic rings. The Morgan fingerprint density at radius 1 is 1.25 bits per heavy atom.